The number of piperazine rings is 1. The van der Waals surface area contributed by atoms with Crippen molar-refractivity contribution in [3.05, 3.63) is 65.2 Å². The number of hydrogen-bond acceptors (Lipinski definition) is 5. The Hall–Kier alpha value is -2.74. The summed E-state index contributed by atoms with van der Waals surface area (Å²) in [5.74, 6) is -0.496. The first-order valence-corrected chi connectivity index (χ1v) is 9.95. The number of carbonyl (C=O) groups excluding carboxylic acids is 2. The van der Waals surface area contributed by atoms with Gasteiger partial charge in [0.2, 0.25) is 0 Å². The molecule has 0 radical (unpaired) electrons. The van der Waals surface area contributed by atoms with Crippen molar-refractivity contribution in [2.24, 2.45) is 5.73 Å². The van der Waals surface area contributed by atoms with Gasteiger partial charge >= 0.3 is 0 Å². The summed E-state index contributed by atoms with van der Waals surface area (Å²) in [5, 5.41) is 5.57. The fourth-order valence-corrected chi connectivity index (χ4v) is 3.29. The van der Waals surface area contributed by atoms with Crippen LogP contribution in [0.4, 0.5) is 5.69 Å². The Labute approximate surface area is 171 Å². The third-order valence-electron chi connectivity index (χ3n) is 5.07. The second-order valence-corrected chi connectivity index (χ2v) is 7.32. The van der Waals surface area contributed by atoms with Crippen LogP contribution in [0.5, 0.6) is 0 Å². The SMILES string of the molecule is CN1CCN(Cc2ccc(C(=O)Nc3ccccc3C(=O)NCCN)cc2)CC1. The number of nitrogens with zero attached hydrogens (tertiary/aromatic N) is 2. The van der Waals surface area contributed by atoms with Crippen molar-refractivity contribution in [2.45, 2.75) is 6.54 Å². The average molecular weight is 396 g/mol. The fourth-order valence-electron chi connectivity index (χ4n) is 3.29. The average Bonchev–Trinajstić information content (AvgIpc) is 2.74. The van der Waals surface area contributed by atoms with Crippen LogP contribution in [0, 0.1) is 0 Å². The number of rotatable bonds is 7. The van der Waals surface area contributed by atoms with Crippen LogP contribution in [-0.2, 0) is 6.54 Å². The van der Waals surface area contributed by atoms with Crippen molar-refractivity contribution < 1.29 is 9.59 Å². The molecule has 0 aromatic heterocycles. The number of carbonyl (C=O) groups is 2. The monoisotopic (exact) mass is 395 g/mol. The second-order valence-electron chi connectivity index (χ2n) is 7.32. The molecule has 4 N–H and O–H groups in total. The molecule has 1 aliphatic rings. The van der Waals surface area contributed by atoms with Gasteiger partial charge in [-0.1, -0.05) is 24.3 Å². The van der Waals surface area contributed by atoms with Gasteiger partial charge in [-0.25, -0.2) is 0 Å². The standard InChI is InChI=1S/C22H29N5O2/c1-26-12-14-27(15-13-26)16-17-6-8-18(9-7-17)21(28)25-20-5-3-2-4-19(20)22(29)24-11-10-23/h2-9H,10-16,23H2,1H3,(H,24,29)(H,25,28). The highest BCUT2D eigenvalue weighted by Crippen LogP contribution is 2.17. The van der Waals surface area contributed by atoms with Crippen molar-refractivity contribution >= 4 is 17.5 Å². The van der Waals surface area contributed by atoms with E-state index >= 15 is 0 Å². The van der Waals surface area contributed by atoms with E-state index in [-0.39, 0.29) is 11.8 Å². The van der Waals surface area contributed by atoms with Gasteiger partial charge in [0.15, 0.2) is 0 Å². The highest BCUT2D eigenvalue weighted by molar-refractivity contribution is 6.09. The Morgan fingerprint density at radius 1 is 0.966 bits per heavy atom. The molecule has 0 unspecified atom stereocenters. The van der Waals surface area contributed by atoms with E-state index in [1.165, 1.54) is 5.56 Å². The first-order chi connectivity index (χ1) is 14.1. The second kappa shape index (κ2) is 10.2. The minimum absolute atomic E-state index is 0.241. The van der Waals surface area contributed by atoms with Crippen molar-refractivity contribution in [3.63, 3.8) is 0 Å². The van der Waals surface area contributed by atoms with Gasteiger partial charge in [-0.2, -0.15) is 0 Å². The quantitative estimate of drug-likeness (QED) is 0.659. The highest BCUT2D eigenvalue weighted by atomic mass is 16.2. The number of nitrogens with one attached hydrogen (secondary N) is 2. The first kappa shape index (κ1) is 21.0. The molecule has 154 valence electrons. The number of likely N-dealkylation sites (N-methyl/N-ethyl adjacent to an activating group) is 1. The smallest absolute Gasteiger partial charge is 0.255 e. The van der Waals surface area contributed by atoms with Gasteiger partial charge in [0, 0.05) is 51.4 Å². The van der Waals surface area contributed by atoms with E-state index in [9.17, 15) is 9.59 Å². The molecule has 7 nitrogen and oxygen atoms in total. The van der Waals surface area contributed by atoms with Crippen LogP contribution in [0.25, 0.3) is 0 Å². The molecular weight excluding hydrogens is 366 g/mol. The molecule has 1 heterocycles. The van der Waals surface area contributed by atoms with Gasteiger partial charge in [0.1, 0.15) is 0 Å². The van der Waals surface area contributed by atoms with E-state index < -0.39 is 0 Å². The molecule has 0 atom stereocenters. The van der Waals surface area contributed by atoms with Crippen LogP contribution in [0.2, 0.25) is 0 Å². The zero-order valence-electron chi connectivity index (χ0n) is 16.9. The fraction of sp³-hybridized carbons (Fsp3) is 0.364. The molecule has 1 fully saturated rings. The van der Waals surface area contributed by atoms with Crippen LogP contribution >= 0.6 is 0 Å². The van der Waals surface area contributed by atoms with E-state index in [1.807, 2.05) is 24.3 Å². The number of hydrogen-bond donors (Lipinski definition) is 3. The van der Waals surface area contributed by atoms with Gasteiger partial charge in [-0.05, 0) is 36.9 Å². The summed E-state index contributed by atoms with van der Waals surface area (Å²) >= 11 is 0. The minimum atomic E-state index is -0.256. The molecule has 0 aliphatic carbocycles. The van der Waals surface area contributed by atoms with E-state index in [1.54, 1.807) is 24.3 Å². The summed E-state index contributed by atoms with van der Waals surface area (Å²) < 4.78 is 0. The Bertz CT molecular complexity index is 829. The maximum Gasteiger partial charge on any atom is 0.255 e. The first-order valence-electron chi connectivity index (χ1n) is 9.95. The summed E-state index contributed by atoms with van der Waals surface area (Å²) in [6.07, 6.45) is 0. The van der Waals surface area contributed by atoms with Crippen LogP contribution < -0.4 is 16.4 Å². The minimum Gasteiger partial charge on any atom is -0.351 e. The predicted octanol–water partition coefficient (Wildman–Crippen LogP) is 1.37. The molecular formula is C22H29N5O2. The molecule has 1 saturated heterocycles. The Balaban J connectivity index is 1.62. The zero-order chi connectivity index (χ0) is 20.6. The van der Waals surface area contributed by atoms with Gasteiger partial charge in [-0.3, -0.25) is 14.5 Å². The maximum atomic E-state index is 12.7. The zero-order valence-corrected chi connectivity index (χ0v) is 16.9. The van der Waals surface area contributed by atoms with Crippen LogP contribution in [0.3, 0.4) is 0 Å². The molecule has 1 aliphatic heterocycles. The number of nitrogens with two attached hydrogens (primary N) is 1. The van der Waals surface area contributed by atoms with E-state index in [4.69, 9.17) is 5.73 Å². The number of amides is 2. The lowest BCUT2D eigenvalue weighted by Crippen LogP contribution is -2.43. The lowest BCUT2D eigenvalue weighted by molar-refractivity contribution is 0.0955. The molecule has 2 aromatic carbocycles. The number of benzene rings is 2. The molecule has 0 spiro atoms. The largest absolute Gasteiger partial charge is 0.351 e. The maximum absolute atomic E-state index is 12.7. The predicted molar refractivity (Wildman–Crippen MR) is 115 cm³/mol. The molecule has 3 rings (SSSR count). The topological polar surface area (TPSA) is 90.7 Å². The van der Waals surface area contributed by atoms with Crippen LogP contribution in [0.1, 0.15) is 26.3 Å². The summed E-state index contributed by atoms with van der Waals surface area (Å²) in [4.78, 5) is 29.7. The van der Waals surface area contributed by atoms with Crippen molar-refractivity contribution in [3.8, 4) is 0 Å². The number of para-hydroxylation sites is 1. The molecule has 0 saturated carbocycles. The van der Waals surface area contributed by atoms with Crippen molar-refractivity contribution in [2.75, 3.05) is 51.6 Å². The van der Waals surface area contributed by atoms with Gasteiger partial charge in [-0.15, -0.1) is 0 Å². The lowest BCUT2D eigenvalue weighted by atomic mass is 10.1. The van der Waals surface area contributed by atoms with E-state index in [0.29, 0.717) is 29.9 Å². The lowest BCUT2D eigenvalue weighted by Gasteiger charge is -2.32. The van der Waals surface area contributed by atoms with E-state index in [0.717, 1.165) is 32.7 Å². The molecule has 0 bridgehead atoms. The Kier molecular flexibility index (Phi) is 7.35. The highest BCUT2D eigenvalue weighted by Gasteiger charge is 2.15. The van der Waals surface area contributed by atoms with Crippen LogP contribution in [0.15, 0.2) is 48.5 Å². The summed E-state index contributed by atoms with van der Waals surface area (Å²) in [6, 6.07) is 14.6. The molecule has 2 aromatic rings. The third-order valence-corrected chi connectivity index (χ3v) is 5.07. The normalized spacial score (nSPS) is 15.1. The van der Waals surface area contributed by atoms with Crippen LogP contribution in [-0.4, -0.2) is 67.9 Å². The number of anilines is 1. The van der Waals surface area contributed by atoms with E-state index in [2.05, 4.69) is 27.5 Å². The van der Waals surface area contributed by atoms with Gasteiger partial charge in [0.05, 0.1) is 11.3 Å². The molecule has 7 heteroatoms. The third kappa shape index (κ3) is 5.87. The summed E-state index contributed by atoms with van der Waals surface area (Å²) in [5.41, 5.74) is 8.08. The van der Waals surface area contributed by atoms with Crippen molar-refractivity contribution in [1.29, 1.82) is 0 Å². The van der Waals surface area contributed by atoms with Gasteiger partial charge in [0.25, 0.3) is 11.8 Å². The summed E-state index contributed by atoms with van der Waals surface area (Å²) in [7, 11) is 2.14. The molecule has 2 amide bonds. The summed E-state index contributed by atoms with van der Waals surface area (Å²) in [6.45, 7) is 5.91. The Morgan fingerprint density at radius 3 is 2.34 bits per heavy atom. The van der Waals surface area contributed by atoms with Crippen molar-refractivity contribution in [1.82, 2.24) is 15.1 Å². The van der Waals surface area contributed by atoms with Gasteiger partial charge < -0.3 is 21.3 Å². The Morgan fingerprint density at radius 2 is 1.66 bits per heavy atom. The molecule has 29 heavy (non-hydrogen) atoms.